The lowest BCUT2D eigenvalue weighted by Gasteiger charge is -2.02. The van der Waals surface area contributed by atoms with Crippen molar-refractivity contribution in [1.29, 1.82) is 0 Å². The lowest BCUT2D eigenvalue weighted by molar-refractivity contribution is -0.384. The molecule has 2 heterocycles. The second-order valence-electron chi connectivity index (χ2n) is 4.81. The summed E-state index contributed by atoms with van der Waals surface area (Å²) in [5.41, 5.74) is 1.54. The predicted molar refractivity (Wildman–Crippen MR) is 91.8 cm³/mol. The van der Waals surface area contributed by atoms with Gasteiger partial charge in [0.2, 0.25) is 0 Å². The summed E-state index contributed by atoms with van der Waals surface area (Å²) in [5.74, 6) is 0.847. The molecule has 116 valence electrons. The minimum atomic E-state index is -0.437. The molecule has 1 saturated heterocycles. The van der Waals surface area contributed by atoms with Crippen LogP contribution in [0.5, 0.6) is 0 Å². The van der Waals surface area contributed by atoms with Crippen LogP contribution in [0.2, 0.25) is 0 Å². The Labute approximate surface area is 140 Å². The lowest BCUT2D eigenvalue weighted by Crippen LogP contribution is -2.17. The van der Waals surface area contributed by atoms with Crippen molar-refractivity contribution < 1.29 is 14.1 Å². The molecule has 8 heteroatoms. The average Bonchev–Trinajstić information content (AvgIpc) is 3.06. The topological polar surface area (TPSA) is 85.4 Å². The van der Waals surface area contributed by atoms with Gasteiger partial charge in [0.15, 0.2) is 0 Å². The molecule has 1 amide bonds. The summed E-state index contributed by atoms with van der Waals surface area (Å²) in [6, 6.07) is 8.07. The van der Waals surface area contributed by atoms with Crippen LogP contribution in [0.25, 0.3) is 17.4 Å². The van der Waals surface area contributed by atoms with Crippen molar-refractivity contribution >= 4 is 46.0 Å². The highest BCUT2D eigenvalue weighted by atomic mass is 32.2. The Hall–Kier alpha value is -2.45. The van der Waals surface area contributed by atoms with Gasteiger partial charge in [-0.3, -0.25) is 14.9 Å². The molecule has 0 aliphatic carbocycles. The SMILES string of the molecule is Cc1cc([N+](=O)[O-])ccc1-c1ccc(C=C2SC(=S)NC2=O)o1. The van der Waals surface area contributed by atoms with Gasteiger partial charge in [-0.15, -0.1) is 0 Å². The Morgan fingerprint density at radius 3 is 2.74 bits per heavy atom. The van der Waals surface area contributed by atoms with Crippen molar-refractivity contribution in [2.45, 2.75) is 6.92 Å². The number of amides is 1. The standard InChI is InChI=1S/C15H10N2O4S2/c1-8-6-9(17(19)20)2-4-11(8)12-5-3-10(21-12)7-13-14(18)16-15(22)23-13/h2-7H,1H3,(H,16,18,22). The zero-order valence-corrected chi connectivity index (χ0v) is 13.5. The van der Waals surface area contributed by atoms with E-state index in [4.69, 9.17) is 16.6 Å². The first-order chi connectivity index (χ1) is 10.9. The Morgan fingerprint density at radius 2 is 2.13 bits per heavy atom. The Kier molecular flexibility index (Phi) is 4.01. The molecular weight excluding hydrogens is 336 g/mol. The highest BCUT2D eigenvalue weighted by Gasteiger charge is 2.22. The lowest BCUT2D eigenvalue weighted by atomic mass is 10.1. The van der Waals surface area contributed by atoms with E-state index in [2.05, 4.69) is 5.32 Å². The number of furan rings is 1. The van der Waals surface area contributed by atoms with Crippen LogP contribution in [0.1, 0.15) is 11.3 Å². The van der Waals surface area contributed by atoms with Gasteiger partial charge in [0, 0.05) is 23.8 Å². The molecule has 1 aromatic heterocycles. The number of nitro groups is 1. The van der Waals surface area contributed by atoms with Gasteiger partial charge >= 0.3 is 0 Å². The second kappa shape index (κ2) is 5.98. The fourth-order valence-corrected chi connectivity index (χ4v) is 3.19. The van der Waals surface area contributed by atoms with Gasteiger partial charge in [0.1, 0.15) is 15.8 Å². The fraction of sp³-hybridized carbons (Fsp3) is 0.0667. The summed E-state index contributed by atoms with van der Waals surface area (Å²) in [5, 5.41) is 13.3. The fourth-order valence-electron chi connectivity index (χ4n) is 2.16. The normalized spacial score (nSPS) is 16.0. The second-order valence-corrected chi connectivity index (χ2v) is 6.53. The van der Waals surface area contributed by atoms with Gasteiger partial charge in [0.05, 0.1) is 9.83 Å². The molecule has 0 saturated carbocycles. The predicted octanol–water partition coefficient (Wildman–Crippen LogP) is 3.65. The summed E-state index contributed by atoms with van der Waals surface area (Å²) in [7, 11) is 0. The number of nitrogens with one attached hydrogen (secondary N) is 1. The molecule has 0 bridgehead atoms. The summed E-state index contributed by atoms with van der Waals surface area (Å²) < 4.78 is 6.13. The molecular formula is C15H10N2O4S2. The van der Waals surface area contributed by atoms with Crippen LogP contribution in [0.15, 0.2) is 39.7 Å². The van der Waals surface area contributed by atoms with E-state index >= 15 is 0 Å². The van der Waals surface area contributed by atoms with E-state index in [1.54, 1.807) is 31.2 Å². The smallest absolute Gasteiger partial charge is 0.269 e. The number of carbonyl (C=O) groups is 1. The number of hydrogen-bond donors (Lipinski definition) is 1. The van der Waals surface area contributed by atoms with Gasteiger partial charge < -0.3 is 9.73 Å². The van der Waals surface area contributed by atoms with Gasteiger partial charge in [0.25, 0.3) is 11.6 Å². The number of benzene rings is 1. The van der Waals surface area contributed by atoms with Gasteiger partial charge in [-0.1, -0.05) is 24.0 Å². The average molecular weight is 346 g/mol. The van der Waals surface area contributed by atoms with E-state index in [9.17, 15) is 14.9 Å². The van der Waals surface area contributed by atoms with E-state index in [1.165, 1.54) is 23.9 Å². The van der Waals surface area contributed by atoms with Crippen LogP contribution >= 0.6 is 24.0 Å². The molecule has 0 spiro atoms. The van der Waals surface area contributed by atoms with Crippen molar-refractivity contribution in [2.24, 2.45) is 0 Å². The molecule has 6 nitrogen and oxygen atoms in total. The van der Waals surface area contributed by atoms with Crippen molar-refractivity contribution in [3.63, 3.8) is 0 Å². The first-order valence-electron chi connectivity index (χ1n) is 6.54. The summed E-state index contributed by atoms with van der Waals surface area (Å²) in [6.45, 7) is 1.78. The number of thioether (sulfide) groups is 1. The Morgan fingerprint density at radius 1 is 1.35 bits per heavy atom. The van der Waals surface area contributed by atoms with Crippen molar-refractivity contribution in [1.82, 2.24) is 5.32 Å². The molecule has 1 aromatic carbocycles. The molecule has 1 fully saturated rings. The highest BCUT2D eigenvalue weighted by Crippen LogP contribution is 2.31. The Bertz CT molecular complexity index is 870. The molecule has 1 aliphatic rings. The van der Waals surface area contributed by atoms with Crippen LogP contribution in [0, 0.1) is 17.0 Å². The van der Waals surface area contributed by atoms with E-state index in [-0.39, 0.29) is 11.6 Å². The van der Waals surface area contributed by atoms with Crippen LogP contribution in [-0.2, 0) is 4.79 Å². The van der Waals surface area contributed by atoms with Gasteiger partial charge in [-0.05, 0) is 30.7 Å². The third kappa shape index (κ3) is 3.17. The monoisotopic (exact) mass is 346 g/mol. The van der Waals surface area contributed by atoms with Crippen LogP contribution < -0.4 is 5.32 Å². The molecule has 0 unspecified atom stereocenters. The van der Waals surface area contributed by atoms with E-state index in [0.29, 0.717) is 20.7 Å². The zero-order chi connectivity index (χ0) is 16.6. The van der Waals surface area contributed by atoms with E-state index in [1.807, 2.05) is 0 Å². The maximum Gasteiger partial charge on any atom is 0.269 e. The van der Waals surface area contributed by atoms with E-state index < -0.39 is 4.92 Å². The molecule has 23 heavy (non-hydrogen) atoms. The first kappa shape index (κ1) is 15.4. The summed E-state index contributed by atoms with van der Waals surface area (Å²) in [6.07, 6.45) is 1.61. The quantitative estimate of drug-likeness (QED) is 0.395. The van der Waals surface area contributed by atoms with Crippen LogP contribution in [-0.4, -0.2) is 15.2 Å². The summed E-state index contributed by atoms with van der Waals surface area (Å²) >= 11 is 6.10. The third-order valence-corrected chi connectivity index (χ3v) is 4.39. The molecule has 2 aromatic rings. The van der Waals surface area contributed by atoms with Crippen molar-refractivity contribution in [3.8, 4) is 11.3 Å². The molecule has 3 rings (SSSR count). The van der Waals surface area contributed by atoms with Crippen LogP contribution in [0.4, 0.5) is 5.69 Å². The zero-order valence-electron chi connectivity index (χ0n) is 11.9. The number of hydrogen-bond acceptors (Lipinski definition) is 6. The molecule has 0 atom stereocenters. The highest BCUT2D eigenvalue weighted by molar-refractivity contribution is 8.26. The van der Waals surface area contributed by atoms with E-state index in [0.717, 1.165) is 11.1 Å². The minimum absolute atomic E-state index is 0.0349. The van der Waals surface area contributed by atoms with Crippen LogP contribution in [0.3, 0.4) is 0 Å². The number of nitro benzene ring substituents is 1. The van der Waals surface area contributed by atoms with Gasteiger partial charge in [-0.2, -0.15) is 0 Å². The number of rotatable bonds is 3. The first-order valence-corrected chi connectivity index (χ1v) is 7.76. The largest absolute Gasteiger partial charge is 0.457 e. The summed E-state index contributed by atoms with van der Waals surface area (Å²) in [4.78, 5) is 22.4. The number of carbonyl (C=O) groups excluding carboxylic acids is 1. The van der Waals surface area contributed by atoms with Gasteiger partial charge in [-0.25, -0.2) is 0 Å². The molecule has 1 N–H and O–H groups in total. The number of non-ortho nitro benzene ring substituents is 1. The third-order valence-electron chi connectivity index (χ3n) is 3.23. The Balaban J connectivity index is 1.91. The number of thiocarbonyl (C=S) groups is 1. The van der Waals surface area contributed by atoms with Crippen molar-refractivity contribution in [3.05, 3.63) is 56.7 Å². The maximum atomic E-state index is 11.6. The maximum absolute atomic E-state index is 11.6. The van der Waals surface area contributed by atoms with Crippen molar-refractivity contribution in [2.75, 3.05) is 0 Å². The minimum Gasteiger partial charge on any atom is -0.457 e. The molecule has 1 aliphatic heterocycles. The number of aryl methyl sites for hydroxylation is 1. The number of nitrogens with zero attached hydrogens (tertiary/aromatic N) is 1. The molecule has 0 radical (unpaired) electrons.